The minimum atomic E-state index is -0.688. The first-order chi connectivity index (χ1) is 12.3. The van der Waals surface area contributed by atoms with Crippen molar-refractivity contribution < 1.29 is 28.7 Å². The summed E-state index contributed by atoms with van der Waals surface area (Å²) in [6.45, 7) is 0.103. The molecular formula is C14H16N6O6. The van der Waals surface area contributed by atoms with Crippen molar-refractivity contribution in [2.24, 2.45) is 0 Å². The monoisotopic (exact) mass is 364 g/mol. The van der Waals surface area contributed by atoms with Crippen molar-refractivity contribution in [3.8, 4) is 0 Å². The highest BCUT2D eigenvalue weighted by Crippen LogP contribution is 2.15. The minimum Gasteiger partial charge on any atom is -0.463 e. The number of nitrogens with two attached hydrogens (primary N) is 2. The van der Waals surface area contributed by atoms with Gasteiger partial charge >= 0.3 is 11.9 Å². The van der Waals surface area contributed by atoms with Crippen LogP contribution in [0.25, 0.3) is 0 Å². The Balaban J connectivity index is 1.71. The predicted molar refractivity (Wildman–Crippen MR) is 84.5 cm³/mol. The van der Waals surface area contributed by atoms with Crippen molar-refractivity contribution in [1.29, 1.82) is 0 Å². The summed E-state index contributed by atoms with van der Waals surface area (Å²) < 4.78 is 9.49. The topological polar surface area (TPSA) is 189 Å². The molecule has 0 radical (unpaired) electrons. The number of cyclic esters (lactones) is 2. The van der Waals surface area contributed by atoms with Crippen LogP contribution in [0.4, 0.5) is 11.6 Å². The summed E-state index contributed by atoms with van der Waals surface area (Å²) in [4.78, 5) is 54.2. The molecule has 3 heterocycles. The number of amides is 2. The van der Waals surface area contributed by atoms with Crippen LogP contribution >= 0.6 is 0 Å². The van der Waals surface area contributed by atoms with Crippen molar-refractivity contribution in [3.05, 3.63) is 11.4 Å². The SMILES string of the molecule is Nc1nc(C(=O)NC2COC(=O)C2)c(N)nc1C(=O)NC1COC(=O)C1. The van der Waals surface area contributed by atoms with Gasteiger partial charge < -0.3 is 31.6 Å². The molecule has 2 aliphatic heterocycles. The Hall–Kier alpha value is -3.44. The largest absolute Gasteiger partial charge is 0.463 e. The van der Waals surface area contributed by atoms with Crippen LogP contribution in [0.1, 0.15) is 33.8 Å². The number of nitrogen functional groups attached to an aromatic ring is 2. The summed E-state index contributed by atoms with van der Waals surface area (Å²) in [5, 5.41) is 5.06. The molecule has 0 spiro atoms. The van der Waals surface area contributed by atoms with E-state index in [1.807, 2.05) is 0 Å². The van der Waals surface area contributed by atoms with Crippen LogP contribution in [-0.2, 0) is 19.1 Å². The maximum absolute atomic E-state index is 12.2. The van der Waals surface area contributed by atoms with Gasteiger partial charge in [-0.25, -0.2) is 9.97 Å². The van der Waals surface area contributed by atoms with Gasteiger partial charge in [0.15, 0.2) is 23.0 Å². The Labute approximate surface area is 146 Å². The van der Waals surface area contributed by atoms with Crippen molar-refractivity contribution in [2.75, 3.05) is 24.7 Å². The normalized spacial score (nSPS) is 21.8. The zero-order valence-corrected chi connectivity index (χ0v) is 13.5. The average Bonchev–Trinajstić information content (AvgIpc) is 3.17. The van der Waals surface area contributed by atoms with Crippen LogP contribution in [0.15, 0.2) is 0 Å². The molecule has 1 aromatic heterocycles. The Kier molecular flexibility index (Phi) is 4.56. The van der Waals surface area contributed by atoms with E-state index in [0.717, 1.165) is 0 Å². The van der Waals surface area contributed by atoms with Crippen molar-refractivity contribution >= 4 is 35.4 Å². The lowest BCUT2D eigenvalue weighted by molar-refractivity contribution is -0.138. The molecule has 12 nitrogen and oxygen atoms in total. The molecule has 26 heavy (non-hydrogen) atoms. The second-order valence-corrected chi connectivity index (χ2v) is 5.81. The Morgan fingerprint density at radius 1 is 0.846 bits per heavy atom. The number of carbonyl (C=O) groups is 4. The molecule has 2 fully saturated rings. The van der Waals surface area contributed by atoms with E-state index in [4.69, 9.17) is 20.9 Å². The lowest BCUT2D eigenvalue weighted by atomic mass is 10.2. The highest BCUT2D eigenvalue weighted by atomic mass is 16.5. The van der Waals surface area contributed by atoms with Crippen LogP contribution in [0.3, 0.4) is 0 Å². The number of nitrogens with zero attached hydrogens (tertiary/aromatic N) is 2. The van der Waals surface area contributed by atoms with E-state index >= 15 is 0 Å². The first kappa shape index (κ1) is 17.4. The number of rotatable bonds is 4. The van der Waals surface area contributed by atoms with Gasteiger partial charge in [0, 0.05) is 0 Å². The Morgan fingerprint density at radius 2 is 1.23 bits per heavy atom. The van der Waals surface area contributed by atoms with Gasteiger partial charge in [-0.1, -0.05) is 0 Å². The molecule has 1 aromatic rings. The minimum absolute atomic E-state index is 0.0389. The van der Waals surface area contributed by atoms with Gasteiger partial charge in [0.05, 0.1) is 24.9 Å². The fourth-order valence-electron chi connectivity index (χ4n) is 2.51. The van der Waals surface area contributed by atoms with E-state index in [-0.39, 0.29) is 49.1 Å². The molecule has 6 N–H and O–H groups in total. The molecule has 2 amide bonds. The Bertz CT molecular complexity index is 731. The zero-order valence-electron chi connectivity index (χ0n) is 13.5. The number of hydrogen-bond acceptors (Lipinski definition) is 10. The molecule has 2 aliphatic rings. The van der Waals surface area contributed by atoms with E-state index in [1.54, 1.807) is 0 Å². The summed E-state index contributed by atoms with van der Waals surface area (Å²) in [7, 11) is 0. The number of aromatic nitrogens is 2. The number of carbonyl (C=O) groups excluding carboxylic acids is 4. The van der Waals surface area contributed by atoms with E-state index < -0.39 is 35.8 Å². The highest BCUT2D eigenvalue weighted by Gasteiger charge is 2.29. The average molecular weight is 364 g/mol. The zero-order chi connectivity index (χ0) is 18.8. The number of ether oxygens (including phenoxy) is 2. The van der Waals surface area contributed by atoms with Gasteiger partial charge in [-0.3, -0.25) is 19.2 Å². The molecular weight excluding hydrogens is 348 g/mol. The smallest absolute Gasteiger partial charge is 0.308 e. The van der Waals surface area contributed by atoms with E-state index in [1.165, 1.54) is 0 Å². The standard InChI is InChI=1S/C14H16N6O6/c15-11-9(13(23)17-5-1-7(21)25-3-5)19-12(16)10(20-11)14(24)18-6-2-8(22)26-4-6/h5-6H,1-4H2,(H2,16,19)(H2,15,20)(H,17,23)(H,18,24). The first-order valence-corrected chi connectivity index (χ1v) is 7.69. The molecule has 3 rings (SSSR count). The van der Waals surface area contributed by atoms with E-state index in [9.17, 15) is 19.2 Å². The molecule has 0 aromatic carbocycles. The van der Waals surface area contributed by atoms with Gasteiger partial charge in [0.2, 0.25) is 0 Å². The maximum Gasteiger partial charge on any atom is 0.308 e. The summed E-state index contributed by atoms with van der Waals surface area (Å²) in [5.41, 5.74) is 10.9. The van der Waals surface area contributed by atoms with E-state index in [2.05, 4.69) is 20.6 Å². The summed E-state index contributed by atoms with van der Waals surface area (Å²) in [5.74, 6) is -2.82. The molecule has 2 atom stereocenters. The summed E-state index contributed by atoms with van der Waals surface area (Å²) in [6.07, 6.45) is 0.0778. The van der Waals surface area contributed by atoms with Gasteiger partial charge in [-0.05, 0) is 0 Å². The number of nitrogens with one attached hydrogen (secondary N) is 2. The third-order valence-corrected chi connectivity index (χ3v) is 3.77. The molecule has 0 bridgehead atoms. The molecule has 0 aliphatic carbocycles. The van der Waals surface area contributed by atoms with Crippen LogP contribution in [0, 0.1) is 0 Å². The van der Waals surface area contributed by atoms with Crippen molar-refractivity contribution in [1.82, 2.24) is 20.6 Å². The van der Waals surface area contributed by atoms with Crippen LogP contribution in [-0.4, -0.2) is 59.0 Å². The predicted octanol–water partition coefficient (Wildman–Crippen LogP) is -2.27. The quantitative estimate of drug-likeness (QED) is 0.424. The summed E-state index contributed by atoms with van der Waals surface area (Å²) in [6, 6.07) is -0.999. The third-order valence-electron chi connectivity index (χ3n) is 3.77. The number of anilines is 2. The number of esters is 2. The van der Waals surface area contributed by atoms with Crippen LogP contribution < -0.4 is 22.1 Å². The van der Waals surface area contributed by atoms with Crippen LogP contribution in [0.5, 0.6) is 0 Å². The van der Waals surface area contributed by atoms with Gasteiger partial charge in [0.1, 0.15) is 13.2 Å². The summed E-state index contributed by atoms with van der Waals surface area (Å²) >= 11 is 0. The fourth-order valence-corrected chi connectivity index (χ4v) is 2.51. The fraction of sp³-hybridized carbons (Fsp3) is 0.429. The molecule has 2 saturated heterocycles. The lowest BCUT2D eigenvalue weighted by Crippen LogP contribution is -2.38. The van der Waals surface area contributed by atoms with Crippen molar-refractivity contribution in [2.45, 2.75) is 24.9 Å². The second-order valence-electron chi connectivity index (χ2n) is 5.81. The van der Waals surface area contributed by atoms with E-state index in [0.29, 0.717) is 0 Å². The lowest BCUT2D eigenvalue weighted by Gasteiger charge is -2.13. The number of hydrogen-bond donors (Lipinski definition) is 4. The van der Waals surface area contributed by atoms with Crippen molar-refractivity contribution in [3.63, 3.8) is 0 Å². The Morgan fingerprint density at radius 3 is 1.54 bits per heavy atom. The van der Waals surface area contributed by atoms with Gasteiger partial charge in [-0.2, -0.15) is 0 Å². The molecule has 12 heteroatoms. The maximum atomic E-state index is 12.2. The molecule has 0 saturated carbocycles. The molecule has 2 unspecified atom stereocenters. The van der Waals surface area contributed by atoms with Gasteiger partial charge in [-0.15, -0.1) is 0 Å². The second kappa shape index (κ2) is 6.82. The molecule has 138 valence electrons. The first-order valence-electron chi connectivity index (χ1n) is 7.69. The van der Waals surface area contributed by atoms with Crippen LogP contribution in [0.2, 0.25) is 0 Å². The van der Waals surface area contributed by atoms with Gasteiger partial charge in [0.25, 0.3) is 11.8 Å². The third kappa shape index (κ3) is 3.63. The highest BCUT2D eigenvalue weighted by molar-refractivity contribution is 6.01.